The van der Waals surface area contributed by atoms with Crippen LogP contribution in [-0.2, 0) is 22.4 Å². The van der Waals surface area contributed by atoms with E-state index in [1.54, 1.807) is 17.5 Å². The van der Waals surface area contributed by atoms with Crippen molar-refractivity contribution in [3.05, 3.63) is 46.3 Å². The second-order valence-electron chi connectivity index (χ2n) is 5.72. The van der Waals surface area contributed by atoms with Gasteiger partial charge in [-0.25, -0.2) is 4.98 Å². The summed E-state index contributed by atoms with van der Waals surface area (Å²) in [6, 6.07) is 7.85. The highest BCUT2D eigenvalue weighted by Crippen LogP contribution is 2.16. The molecule has 0 radical (unpaired) electrons. The van der Waals surface area contributed by atoms with E-state index in [0.717, 1.165) is 23.3 Å². The number of thiophene rings is 1. The Morgan fingerprint density at radius 3 is 3.17 bits per heavy atom. The first-order valence-electron chi connectivity index (χ1n) is 7.83. The summed E-state index contributed by atoms with van der Waals surface area (Å²) in [6.45, 7) is 1.97. The molecule has 6 heteroatoms. The van der Waals surface area contributed by atoms with Gasteiger partial charge in [-0.15, -0.1) is 11.3 Å². The zero-order valence-electron chi connectivity index (χ0n) is 13.0. The first-order chi connectivity index (χ1) is 11.2. The summed E-state index contributed by atoms with van der Waals surface area (Å²) >= 11 is 1.63. The minimum absolute atomic E-state index is 0.0884. The lowest BCUT2D eigenvalue weighted by Crippen LogP contribution is -2.46. The average molecular weight is 331 g/mol. The van der Waals surface area contributed by atoms with Gasteiger partial charge in [0.05, 0.1) is 19.1 Å². The number of hydrogen-bond acceptors (Lipinski definition) is 5. The Kier molecular flexibility index (Phi) is 5.25. The van der Waals surface area contributed by atoms with E-state index >= 15 is 0 Å². The summed E-state index contributed by atoms with van der Waals surface area (Å²) < 4.78 is 5.81. The molecule has 1 fully saturated rings. The number of rotatable bonds is 5. The van der Waals surface area contributed by atoms with Crippen LogP contribution in [0, 0.1) is 0 Å². The van der Waals surface area contributed by atoms with Crippen LogP contribution in [0.15, 0.2) is 35.8 Å². The number of pyridine rings is 1. The summed E-state index contributed by atoms with van der Waals surface area (Å²) in [5, 5.41) is 2.01. The lowest BCUT2D eigenvalue weighted by Gasteiger charge is -2.33. The largest absolute Gasteiger partial charge is 0.384 e. The Morgan fingerprint density at radius 2 is 2.39 bits per heavy atom. The molecular formula is C17H21N3O2S. The summed E-state index contributed by atoms with van der Waals surface area (Å²) in [6.07, 6.45) is 4.07. The fourth-order valence-electron chi connectivity index (χ4n) is 2.77. The molecule has 122 valence electrons. The number of nitrogen functional groups attached to an aromatic ring is 1. The molecule has 2 N–H and O–H groups in total. The van der Waals surface area contributed by atoms with Gasteiger partial charge < -0.3 is 15.4 Å². The molecule has 1 atom stereocenters. The fraction of sp³-hybridized carbons (Fsp3) is 0.412. The Hall–Kier alpha value is -1.92. The topological polar surface area (TPSA) is 68.5 Å². The Balaban J connectivity index is 1.50. The number of nitrogens with zero attached hydrogens (tertiary/aromatic N) is 2. The lowest BCUT2D eigenvalue weighted by molar-refractivity contribution is -0.138. The summed E-state index contributed by atoms with van der Waals surface area (Å²) in [5.74, 6) is 0.730. The van der Waals surface area contributed by atoms with Gasteiger partial charge in [0.25, 0.3) is 0 Å². The molecule has 0 unspecified atom stereocenters. The minimum atomic E-state index is 0.0884. The number of nitrogens with two attached hydrogens (primary N) is 1. The van der Waals surface area contributed by atoms with Gasteiger partial charge in [-0.3, -0.25) is 4.79 Å². The Morgan fingerprint density at radius 1 is 1.48 bits per heavy atom. The van der Waals surface area contributed by atoms with Crippen LogP contribution < -0.4 is 5.73 Å². The molecule has 0 bridgehead atoms. The van der Waals surface area contributed by atoms with Crippen LogP contribution in [0.25, 0.3) is 0 Å². The molecule has 0 aliphatic carbocycles. The molecule has 2 aromatic rings. The van der Waals surface area contributed by atoms with Crippen molar-refractivity contribution in [2.24, 2.45) is 0 Å². The smallest absolute Gasteiger partial charge is 0.227 e. The third-order valence-electron chi connectivity index (χ3n) is 4.00. The van der Waals surface area contributed by atoms with Crippen LogP contribution in [0.4, 0.5) is 5.82 Å². The summed E-state index contributed by atoms with van der Waals surface area (Å²) in [7, 11) is 0. The molecule has 5 nitrogen and oxygen atoms in total. The van der Waals surface area contributed by atoms with Gasteiger partial charge in [0.1, 0.15) is 5.82 Å². The number of aromatic nitrogens is 1. The van der Waals surface area contributed by atoms with E-state index in [-0.39, 0.29) is 12.0 Å². The highest BCUT2D eigenvalue weighted by Gasteiger charge is 2.24. The van der Waals surface area contributed by atoms with E-state index < -0.39 is 0 Å². The Labute approximate surface area is 140 Å². The predicted octanol–water partition coefficient (Wildman–Crippen LogP) is 2.13. The predicted molar refractivity (Wildman–Crippen MR) is 91.3 cm³/mol. The van der Waals surface area contributed by atoms with Crippen LogP contribution in [0.2, 0.25) is 0 Å². The average Bonchev–Trinajstić information content (AvgIpc) is 3.06. The highest BCUT2D eigenvalue weighted by molar-refractivity contribution is 7.10. The molecule has 1 saturated heterocycles. The molecule has 0 aromatic carbocycles. The molecule has 1 aliphatic rings. The van der Waals surface area contributed by atoms with Crippen molar-refractivity contribution in [2.75, 3.05) is 25.4 Å². The van der Waals surface area contributed by atoms with E-state index in [1.165, 1.54) is 0 Å². The Bertz CT molecular complexity index is 645. The number of hydrogen-bond donors (Lipinski definition) is 1. The van der Waals surface area contributed by atoms with Gasteiger partial charge in [-0.1, -0.05) is 6.07 Å². The maximum atomic E-state index is 12.4. The third-order valence-corrected chi connectivity index (χ3v) is 4.87. The maximum absolute atomic E-state index is 12.4. The second kappa shape index (κ2) is 7.57. The number of morpholine rings is 1. The molecule has 0 spiro atoms. The van der Waals surface area contributed by atoms with Gasteiger partial charge in [-0.05, 0) is 42.0 Å². The standard InChI is InChI=1S/C17H21N3O2S/c18-16-10-13(5-6-19-16)3-4-14-12-20(7-8-22-14)17(21)11-15-2-1-9-23-15/h1-2,5-6,9-10,14H,3-4,7-8,11-12H2,(H2,18,19)/t14-/m0/s1. The van der Waals surface area contributed by atoms with Gasteiger partial charge >= 0.3 is 0 Å². The van der Waals surface area contributed by atoms with Gasteiger partial charge in [-0.2, -0.15) is 0 Å². The number of carbonyl (C=O) groups excluding carboxylic acids is 1. The van der Waals surface area contributed by atoms with Crippen molar-refractivity contribution >= 4 is 23.1 Å². The first kappa shape index (κ1) is 16.0. The molecule has 3 rings (SSSR count). The monoisotopic (exact) mass is 331 g/mol. The lowest BCUT2D eigenvalue weighted by atomic mass is 10.1. The SMILES string of the molecule is Nc1cc(CC[C@H]2CN(C(=O)Cc3cccs3)CCO2)ccn1. The summed E-state index contributed by atoms with van der Waals surface area (Å²) in [5.41, 5.74) is 6.85. The number of carbonyl (C=O) groups is 1. The molecule has 1 aliphatic heterocycles. The number of amides is 1. The molecule has 0 saturated carbocycles. The van der Waals surface area contributed by atoms with Gasteiger partial charge in [0.15, 0.2) is 0 Å². The van der Waals surface area contributed by atoms with E-state index in [9.17, 15) is 4.79 Å². The van der Waals surface area contributed by atoms with E-state index in [4.69, 9.17) is 10.5 Å². The van der Waals surface area contributed by atoms with E-state index in [1.807, 2.05) is 34.5 Å². The van der Waals surface area contributed by atoms with Crippen molar-refractivity contribution in [3.63, 3.8) is 0 Å². The number of aryl methyl sites for hydroxylation is 1. The van der Waals surface area contributed by atoms with Crippen molar-refractivity contribution in [1.82, 2.24) is 9.88 Å². The number of anilines is 1. The van der Waals surface area contributed by atoms with E-state index in [0.29, 0.717) is 31.9 Å². The van der Waals surface area contributed by atoms with Gasteiger partial charge in [0, 0.05) is 24.2 Å². The highest BCUT2D eigenvalue weighted by atomic mass is 32.1. The van der Waals surface area contributed by atoms with Crippen molar-refractivity contribution in [3.8, 4) is 0 Å². The zero-order chi connectivity index (χ0) is 16.1. The van der Waals surface area contributed by atoms with Crippen LogP contribution in [-0.4, -0.2) is 41.6 Å². The van der Waals surface area contributed by atoms with Crippen molar-refractivity contribution in [1.29, 1.82) is 0 Å². The van der Waals surface area contributed by atoms with Crippen LogP contribution >= 0.6 is 11.3 Å². The van der Waals surface area contributed by atoms with E-state index in [2.05, 4.69) is 4.98 Å². The van der Waals surface area contributed by atoms with Crippen LogP contribution in [0.5, 0.6) is 0 Å². The normalized spacial score (nSPS) is 18.1. The zero-order valence-corrected chi connectivity index (χ0v) is 13.8. The fourth-order valence-corrected chi connectivity index (χ4v) is 3.47. The first-order valence-corrected chi connectivity index (χ1v) is 8.71. The third kappa shape index (κ3) is 4.53. The molecule has 1 amide bonds. The molecule has 3 heterocycles. The summed E-state index contributed by atoms with van der Waals surface area (Å²) in [4.78, 5) is 19.4. The molecule has 23 heavy (non-hydrogen) atoms. The number of ether oxygens (including phenoxy) is 1. The van der Waals surface area contributed by atoms with Crippen LogP contribution in [0.3, 0.4) is 0 Å². The quantitative estimate of drug-likeness (QED) is 0.911. The molecular weight excluding hydrogens is 310 g/mol. The van der Waals surface area contributed by atoms with Crippen molar-refractivity contribution < 1.29 is 9.53 Å². The van der Waals surface area contributed by atoms with Crippen molar-refractivity contribution in [2.45, 2.75) is 25.4 Å². The molecule has 2 aromatic heterocycles. The maximum Gasteiger partial charge on any atom is 0.227 e. The minimum Gasteiger partial charge on any atom is -0.384 e. The van der Waals surface area contributed by atoms with Crippen LogP contribution in [0.1, 0.15) is 16.9 Å². The second-order valence-corrected chi connectivity index (χ2v) is 6.75. The van der Waals surface area contributed by atoms with Gasteiger partial charge in [0.2, 0.25) is 5.91 Å².